The molecule has 0 fully saturated rings. The Kier molecular flexibility index (Phi) is 57.6. The van der Waals surface area contributed by atoms with E-state index in [1.54, 1.807) is 0 Å². The van der Waals surface area contributed by atoms with Crippen molar-refractivity contribution in [1.29, 1.82) is 0 Å². The van der Waals surface area contributed by atoms with Gasteiger partial charge in [-0.2, -0.15) is 0 Å². The van der Waals surface area contributed by atoms with E-state index in [2.05, 4.69) is 62.5 Å². The molecule has 0 aromatic carbocycles. The van der Waals surface area contributed by atoms with Gasteiger partial charge in [0.1, 0.15) is 19.3 Å². The Labute approximate surface area is 490 Å². The number of carbonyl (C=O) groups excluding carboxylic acids is 2. The second kappa shape index (κ2) is 59.1. The molecule has 3 atom stereocenters. The third-order valence-electron chi connectivity index (χ3n) is 15.3. The highest BCUT2D eigenvalue weighted by Crippen LogP contribution is 2.38. The standard InChI is InChI=1S/C69H131N2O7P/c1-7-10-13-16-19-22-25-28-30-31-32-33-34-35-36-37-38-39-41-43-46-49-52-55-58-61-68(72)70-66(65-77-79(74,75)76-64-63-71(4,5)6)67(60-57-54-51-48-45-42-27-24-21-18-15-12-9-3)78-69(73)62-59-56-53-50-47-44-40-29-26-23-20-17-14-11-8-2/h20,23,26,28-30,57,60,66-67H,7-19,21-22,24-25,27,31-56,58-59,61-65H2,1-6H3,(H-,70,72,74,75)/b23-20+,29-26+,30-28+,60-57-. The maximum atomic E-state index is 13.6. The molecule has 0 bridgehead atoms. The number of nitrogens with zero attached hydrogens (tertiary/aromatic N) is 1. The van der Waals surface area contributed by atoms with Gasteiger partial charge in [-0.1, -0.05) is 282 Å². The van der Waals surface area contributed by atoms with Gasteiger partial charge in [0.25, 0.3) is 7.82 Å². The topological polar surface area (TPSA) is 114 Å². The SMILES string of the molecule is CCCCC/C=C/C=C/CCCCCCCCC(=O)OC(/C=C\CCCCCCCCCCCCC)C(COP(=O)([O-])OCC[N+](C)(C)C)NC(=O)CCCCCCCCCCCCCCCCC/C=C/CCCCCCCC. The normalized spacial score (nSPS) is 13.9. The second-order valence-electron chi connectivity index (χ2n) is 24.4. The van der Waals surface area contributed by atoms with Crippen molar-refractivity contribution < 1.29 is 37.3 Å². The van der Waals surface area contributed by atoms with Gasteiger partial charge >= 0.3 is 5.97 Å². The summed E-state index contributed by atoms with van der Waals surface area (Å²) in [5, 5.41) is 3.04. The first-order valence-corrected chi connectivity index (χ1v) is 35.4. The van der Waals surface area contributed by atoms with Crippen LogP contribution in [-0.2, 0) is 27.9 Å². The Balaban J connectivity index is 5.09. The summed E-state index contributed by atoms with van der Waals surface area (Å²) in [6, 6.07) is -0.892. The Morgan fingerprint density at radius 2 is 0.772 bits per heavy atom. The van der Waals surface area contributed by atoms with Crippen molar-refractivity contribution in [2.75, 3.05) is 40.9 Å². The largest absolute Gasteiger partial charge is 0.756 e. The molecule has 0 aliphatic heterocycles. The van der Waals surface area contributed by atoms with Gasteiger partial charge in [-0.25, -0.2) is 0 Å². The molecule has 464 valence electrons. The Hall–Kier alpha value is -2.03. The third-order valence-corrected chi connectivity index (χ3v) is 16.2. The molecule has 0 aromatic rings. The zero-order valence-electron chi connectivity index (χ0n) is 53.1. The molecule has 0 aliphatic rings. The fraction of sp³-hybridized carbons (Fsp3) is 0.855. The number of phosphoric acid groups is 1. The van der Waals surface area contributed by atoms with Crippen molar-refractivity contribution in [2.24, 2.45) is 0 Å². The molecule has 1 N–H and O–H groups in total. The molecule has 0 aromatic heterocycles. The van der Waals surface area contributed by atoms with Crippen molar-refractivity contribution in [3.63, 3.8) is 0 Å². The molecule has 0 spiro atoms. The number of phosphoric ester groups is 1. The van der Waals surface area contributed by atoms with Crippen molar-refractivity contribution in [2.45, 2.75) is 341 Å². The van der Waals surface area contributed by atoms with Crippen molar-refractivity contribution in [3.05, 3.63) is 48.6 Å². The average Bonchev–Trinajstić information content (AvgIpc) is 3.41. The number of ether oxygens (including phenoxy) is 1. The predicted octanol–water partition coefficient (Wildman–Crippen LogP) is 20.6. The van der Waals surface area contributed by atoms with E-state index in [0.29, 0.717) is 17.4 Å². The third kappa shape index (κ3) is 60.4. The van der Waals surface area contributed by atoms with Gasteiger partial charge in [0.15, 0.2) is 0 Å². The number of likely N-dealkylation sites (N-methyl/N-ethyl adjacent to an activating group) is 1. The van der Waals surface area contributed by atoms with E-state index in [1.165, 1.54) is 218 Å². The van der Waals surface area contributed by atoms with Crippen LogP contribution in [0, 0.1) is 0 Å². The molecular formula is C69H131N2O7P. The van der Waals surface area contributed by atoms with Crippen molar-refractivity contribution >= 4 is 19.7 Å². The quantitative estimate of drug-likeness (QED) is 0.0161. The zero-order valence-corrected chi connectivity index (χ0v) is 54.0. The molecule has 1 amide bonds. The van der Waals surface area contributed by atoms with Gasteiger partial charge in [-0.3, -0.25) is 14.2 Å². The van der Waals surface area contributed by atoms with Crippen molar-refractivity contribution in [1.82, 2.24) is 5.32 Å². The van der Waals surface area contributed by atoms with Crippen LogP contribution in [0.15, 0.2) is 48.6 Å². The lowest BCUT2D eigenvalue weighted by atomic mass is 10.0. The molecule has 0 rings (SSSR count). The van der Waals surface area contributed by atoms with Crippen LogP contribution >= 0.6 is 7.82 Å². The van der Waals surface area contributed by atoms with Gasteiger partial charge in [-0.05, 0) is 83.1 Å². The van der Waals surface area contributed by atoms with E-state index in [0.717, 1.165) is 77.0 Å². The van der Waals surface area contributed by atoms with Crippen LogP contribution in [0.3, 0.4) is 0 Å². The minimum Gasteiger partial charge on any atom is -0.756 e. The van der Waals surface area contributed by atoms with E-state index in [4.69, 9.17) is 13.8 Å². The van der Waals surface area contributed by atoms with Crippen LogP contribution in [0.5, 0.6) is 0 Å². The molecule has 9 nitrogen and oxygen atoms in total. The Bertz CT molecular complexity index is 1490. The number of quaternary nitrogens is 1. The number of hydrogen-bond donors (Lipinski definition) is 1. The maximum Gasteiger partial charge on any atom is 0.306 e. The summed E-state index contributed by atoms with van der Waals surface area (Å²) < 4.78 is 30.4. The van der Waals surface area contributed by atoms with Crippen molar-refractivity contribution in [3.8, 4) is 0 Å². The zero-order chi connectivity index (χ0) is 57.9. The summed E-state index contributed by atoms with van der Waals surface area (Å²) >= 11 is 0. The van der Waals surface area contributed by atoms with Gasteiger partial charge in [0.2, 0.25) is 5.91 Å². The lowest BCUT2D eigenvalue weighted by molar-refractivity contribution is -0.870. The molecule has 0 heterocycles. The number of carbonyl (C=O) groups is 2. The van der Waals surface area contributed by atoms with Crippen LogP contribution in [0.4, 0.5) is 0 Å². The highest BCUT2D eigenvalue weighted by atomic mass is 31.2. The summed E-state index contributed by atoms with van der Waals surface area (Å²) in [4.78, 5) is 40.1. The van der Waals surface area contributed by atoms with E-state index >= 15 is 0 Å². The van der Waals surface area contributed by atoms with E-state index in [1.807, 2.05) is 33.3 Å². The number of allylic oxidation sites excluding steroid dienone is 7. The summed E-state index contributed by atoms with van der Waals surface area (Å²) in [7, 11) is 1.19. The highest BCUT2D eigenvalue weighted by molar-refractivity contribution is 7.45. The highest BCUT2D eigenvalue weighted by Gasteiger charge is 2.27. The minimum absolute atomic E-state index is 0.0232. The number of amides is 1. The number of nitrogens with one attached hydrogen (secondary N) is 1. The molecule has 0 radical (unpaired) electrons. The summed E-state index contributed by atoms with van der Waals surface area (Å²) in [5.41, 5.74) is 0. The van der Waals surface area contributed by atoms with Gasteiger partial charge in [-0.15, -0.1) is 0 Å². The minimum atomic E-state index is -4.70. The fourth-order valence-corrected chi connectivity index (χ4v) is 10.7. The molecule has 10 heteroatoms. The maximum absolute atomic E-state index is 13.6. The summed E-state index contributed by atoms with van der Waals surface area (Å²) in [6.45, 7) is 6.84. The molecule has 3 unspecified atom stereocenters. The number of unbranched alkanes of at least 4 members (excludes halogenated alkanes) is 41. The van der Waals surface area contributed by atoms with E-state index < -0.39 is 20.0 Å². The van der Waals surface area contributed by atoms with E-state index in [-0.39, 0.29) is 31.5 Å². The van der Waals surface area contributed by atoms with Crippen LogP contribution in [0.1, 0.15) is 329 Å². The number of rotatable bonds is 62. The summed E-state index contributed by atoms with van der Waals surface area (Å²) in [6.07, 6.45) is 73.7. The number of esters is 1. The molecule has 0 aliphatic carbocycles. The first-order chi connectivity index (χ1) is 38.4. The Morgan fingerprint density at radius 3 is 1.18 bits per heavy atom. The van der Waals surface area contributed by atoms with E-state index in [9.17, 15) is 19.0 Å². The molecule has 0 saturated carbocycles. The predicted molar refractivity (Wildman–Crippen MR) is 339 cm³/mol. The number of hydrogen-bond acceptors (Lipinski definition) is 7. The smallest absolute Gasteiger partial charge is 0.306 e. The van der Waals surface area contributed by atoms with Crippen LogP contribution in [0.2, 0.25) is 0 Å². The first-order valence-electron chi connectivity index (χ1n) is 34.0. The van der Waals surface area contributed by atoms with Crippen LogP contribution < -0.4 is 10.2 Å². The molecule has 79 heavy (non-hydrogen) atoms. The second-order valence-corrected chi connectivity index (χ2v) is 25.8. The Morgan fingerprint density at radius 1 is 0.443 bits per heavy atom. The average molecular weight is 1130 g/mol. The van der Waals surface area contributed by atoms with Gasteiger partial charge in [0.05, 0.1) is 33.8 Å². The van der Waals surface area contributed by atoms with Gasteiger partial charge in [0, 0.05) is 12.8 Å². The van der Waals surface area contributed by atoms with Crippen LogP contribution in [0.25, 0.3) is 0 Å². The van der Waals surface area contributed by atoms with Gasteiger partial charge < -0.3 is 28.5 Å². The molecule has 0 saturated heterocycles. The molecular weight excluding hydrogens is 1000 g/mol. The monoisotopic (exact) mass is 1130 g/mol. The fourth-order valence-electron chi connectivity index (χ4n) is 9.98. The summed E-state index contributed by atoms with van der Waals surface area (Å²) in [5.74, 6) is -0.542. The first kappa shape index (κ1) is 77.0. The lowest BCUT2D eigenvalue weighted by Crippen LogP contribution is -2.47. The van der Waals surface area contributed by atoms with Crippen LogP contribution in [-0.4, -0.2) is 69.4 Å². The lowest BCUT2D eigenvalue weighted by Gasteiger charge is -2.30.